The van der Waals surface area contributed by atoms with E-state index in [1.807, 2.05) is 0 Å². The van der Waals surface area contributed by atoms with E-state index in [0.29, 0.717) is 6.04 Å². The van der Waals surface area contributed by atoms with E-state index in [1.165, 1.54) is 38.6 Å². The van der Waals surface area contributed by atoms with Crippen molar-refractivity contribution >= 4 is 0 Å². The van der Waals surface area contributed by atoms with Gasteiger partial charge in [0.15, 0.2) is 0 Å². The van der Waals surface area contributed by atoms with Gasteiger partial charge < -0.3 is 5.32 Å². The molecule has 0 bridgehead atoms. The van der Waals surface area contributed by atoms with Crippen LogP contribution < -0.4 is 5.32 Å². The largest absolute Gasteiger partial charge is 0.314 e. The highest BCUT2D eigenvalue weighted by Gasteiger charge is 2.08. The van der Waals surface area contributed by atoms with Crippen LogP contribution in [0.1, 0.15) is 66.7 Å². The molecule has 0 spiro atoms. The molecule has 0 aromatic carbocycles. The minimum absolute atomic E-state index is 0.681. The number of hydrogen-bond acceptors (Lipinski definition) is 1. The molecular formula is C14H31N. The first kappa shape index (κ1) is 15.0. The maximum absolute atomic E-state index is 3.67. The lowest BCUT2D eigenvalue weighted by molar-refractivity contribution is 0.369. The van der Waals surface area contributed by atoms with Crippen LogP contribution in [-0.4, -0.2) is 12.6 Å². The van der Waals surface area contributed by atoms with Crippen LogP contribution in [0.4, 0.5) is 0 Å². The van der Waals surface area contributed by atoms with E-state index in [2.05, 4.69) is 39.9 Å². The van der Waals surface area contributed by atoms with Crippen molar-refractivity contribution in [1.82, 2.24) is 5.32 Å². The first-order chi connectivity index (χ1) is 7.10. The smallest absolute Gasteiger partial charge is 0.00412 e. The average molecular weight is 213 g/mol. The quantitative estimate of drug-likeness (QED) is 0.604. The van der Waals surface area contributed by atoms with Crippen molar-refractivity contribution in [3.8, 4) is 0 Å². The molecule has 0 radical (unpaired) electrons. The van der Waals surface area contributed by atoms with Crippen LogP contribution >= 0.6 is 0 Å². The summed E-state index contributed by atoms with van der Waals surface area (Å²) in [5.41, 5.74) is 0. The van der Waals surface area contributed by atoms with Crippen LogP contribution in [0.15, 0.2) is 0 Å². The molecule has 15 heavy (non-hydrogen) atoms. The van der Waals surface area contributed by atoms with E-state index >= 15 is 0 Å². The molecule has 0 fully saturated rings. The van der Waals surface area contributed by atoms with Crippen LogP contribution in [0, 0.1) is 11.8 Å². The van der Waals surface area contributed by atoms with Gasteiger partial charge in [-0.15, -0.1) is 0 Å². The number of unbranched alkanes of at least 4 members (excludes halogenated alkanes) is 1. The zero-order chi connectivity index (χ0) is 11.7. The number of hydrogen-bond donors (Lipinski definition) is 1. The highest BCUT2D eigenvalue weighted by atomic mass is 14.9. The molecule has 1 unspecified atom stereocenters. The summed E-state index contributed by atoms with van der Waals surface area (Å²) in [4.78, 5) is 0. The van der Waals surface area contributed by atoms with Crippen molar-refractivity contribution < 1.29 is 0 Å². The fourth-order valence-corrected chi connectivity index (χ4v) is 2.10. The Kier molecular flexibility index (Phi) is 9.18. The summed E-state index contributed by atoms with van der Waals surface area (Å²) in [6.07, 6.45) is 6.73. The molecule has 1 heteroatoms. The molecule has 0 aliphatic heterocycles. The molecule has 0 heterocycles. The third kappa shape index (κ3) is 8.92. The van der Waals surface area contributed by atoms with Gasteiger partial charge in [-0.05, 0) is 38.1 Å². The molecule has 0 aromatic rings. The SMILES string of the molecule is CCCCC(CC)CN[C@H](C)CC(C)C. The van der Waals surface area contributed by atoms with Crippen molar-refractivity contribution in [3.63, 3.8) is 0 Å². The predicted molar refractivity (Wildman–Crippen MR) is 70.2 cm³/mol. The van der Waals surface area contributed by atoms with Crippen LogP contribution in [0.25, 0.3) is 0 Å². The highest BCUT2D eigenvalue weighted by Crippen LogP contribution is 2.12. The van der Waals surface area contributed by atoms with Crippen LogP contribution in [-0.2, 0) is 0 Å². The first-order valence-electron chi connectivity index (χ1n) is 6.83. The Hall–Kier alpha value is -0.0400. The minimum Gasteiger partial charge on any atom is -0.314 e. The van der Waals surface area contributed by atoms with Gasteiger partial charge in [0.1, 0.15) is 0 Å². The Morgan fingerprint density at radius 3 is 2.20 bits per heavy atom. The summed E-state index contributed by atoms with van der Waals surface area (Å²) in [5.74, 6) is 1.70. The lowest BCUT2D eigenvalue weighted by Gasteiger charge is -2.20. The zero-order valence-electron chi connectivity index (χ0n) is 11.5. The molecule has 0 rings (SSSR count). The highest BCUT2D eigenvalue weighted by molar-refractivity contribution is 4.67. The maximum atomic E-state index is 3.67. The molecule has 92 valence electrons. The van der Waals surface area contributed by atoms with Gasteiger partial charge in [-0.1, -0.05) is 47.0 Å². The van der Waals surface area contributed by atoms with Gasteiger partial charge in [0, 0.05) is 6.04 Å². The number of nitrogens with one attached hydrogen (secondary N) is 1. The lowest BCUT2D eigenvalue weighted by atomic mass is 9.98. The van der Waals surface area contributed by atoms with Crippen LogP contribution in [0.5, 0.6) is 0 Å². The fourth-order valence-electron chi connectivity index (χ4n) is 2.10. The van der Waals surface area contributed by atoms with Gasteiger partial charge in [0.2, 0.25) is 0 Å². The number of rotatable bonds is 9. The van der Waals surface area contributed by atoms with E-state index in [9.17, 15) is 0 Å². The van der Waals surface area contributed by atoms with Gasteiger partial charge in [-0.2, -0.15) is 0 Å². The summed E-state index contributed by atoms with van der Waals surface area (Å²) in [7, 11) is 0. The Balaban J connectivity index is 3.60. The van der Waals surface area contributed by atoms with E-state index in [0.717, 1.165) is 11.8 Å². The topological polar surface area (TPSA) is 12.0 Å². The van der Waals surface area contributed by atoms with Crippen molar-refractivity contribution in [2.24, 2.45) is 11.8 Å². The van der Waals surface area contributed by atoms with E-state index in [1.54, 1.807) is 0 Å². The second kappa shape index (κ2) is 9.21. The summed E-state index contributed by atoms with van der Waals surface area (Å²) in [6.45, 7) is 12.7. The minimum atomic E-state index is 0.681. The molecular weight excluding hydrogens is 182 g/mol. The maximum Gasteiger partial charge on any atom is 0.00412 e. The van der Waals surface area contributed by atoms with Crippen LogP contribution in [0.3, 0.4) is 0 Å². The molecule has 1 nitrogen and oxygen atoms in total. The lowest BCUT2D eigenvalue weighted by Crippen LogP contribution is -2.32. The van der Waals surface area contributed by atoms with Crippen molar-refractivity contribution in [2.45, 2.75) is 72.8 Å². The average Bonchev–Trinajstić information content (AvgIpc) is 2.17. The van der Waals surface area contributed by atoms with Crippen molar-refractivity contribution in [2.75, 3.05) is 6.54 Å². The summed E-state index contributed by atoms with van der Waals surface area (Å²) in [6, 6.07) is 0.681. The molecule has 0 aliphatic rings. The molecule has 0 aromatic heterocycles. The predicted octanol–water partition coefficient (Wildman–Crippen LogP) is 4.23. The van der Waals surface area contributed by atoms with Crippen LogP contribution in [0.2, 0.25) is 0 Å². The van der Waals surface area contributed by atoms with Gasteiger partial charge in [-0.3, -0.25) is 0 Å². The molecule has 0 amide bonds. The monoisotopic (exact) mass is 213 g/mol. The van der Waals surface area contributed by atoms with E-state index in [-0.39, 0.29) is 0 Å². The molecule has 1 N–H and O–H groups in total. The Morgan fingerprint density at radius 2 is 1.73 bits per heavy atom. The third-order valence-electron chi connectivity index (χ3n) is 3.12. The Labute approximate surface area is 97.0 Å². The molecule has 2 atom stereocenters. The molecule has 0 aliphatic carbocycles. The molecule has 0 saturated carbocycles. The van der Waals surface area contributed by atoms with Crippen molar-refractivity contribution in [3.05, 3.63) is 0 Å². The van der Waals surface area contributed by atoms with Gasteiger partial charge in [0.05, 0.1) is 0 Å². The first-order valence-corrected chi connectivity index (χ1v) is 6.83. The zero-order valence-corrected chi connectivity index (χ0v) is 11.5. The van der Waals surface area contributed by atoms with Gasteiger partial charge in [0.25, 0.3) is 0 Å². The second-order valence-corrected chi connectivity index (χ2v) is 5.36. The third-order valence-corrected chi connectivity index (χ3v) is 3.12. The summed E-state index contributed by atoms with van der Waals surface area (Å²) < 4.78 is 0. The fraction of sp³-hybridized carbons (Fsp3) is 1.00. The van der Waals surface area contributed by atoms with Gasteiger partial charge in [-0.25, -0.2) is 0 Å². The summed E-state index contributed by atoms with van der Waals surface area (Å²) >= 11 is 0. The van der Waals surface area contributed by atoms with Gasteiger partial charge >= 0.3 is 0 Å². The standard InChI is InChI=1S/C14H31N/c1-6-8-9-14(7-2)11-15-13(5)10-12(3)4/h12-15H,6-11H2,1-5H3/t13-,14?/m1/s1. The Morgan fingerprint density at radius 1 is 1.07 bits per heavy atom. The van der Waals surface area contributed by atoms with Crippen molar-refractivity contribution in [1.29, 1.82) is 0 Å². The summed E-state index contributed by atoms with van der Waals surface area (Å²) in [5, 5.41) is 3.67. The molecule has 0 saturated heterocycles. The Bertz CT molecular complexity index is 131. The van der Waals surface area contributed by atoms with E-state index < -0.39 is 0 Å². The second-order valence-electron chi connectivity index (χ2n) is 5.36. The van der Waals surface area contributed by atoms with E-state index in [4.69, 9.17) is 0 Å². The normalized spacial score (nSPS) is 15.6.